The van der Waals surface area contributed by atoms with Gasteiger partial charge in [0.2, 0.25) is 0 Å². The lowest BCUT2D eigenvalue weighted by Gasteiger charge is -2.08. The Morgan fingerprint density at radius 2 is 1.78 bits per heavy atom. The van der Waals surface area contributed by atoms with Crippen LogP contribution in [0.25, 0.3) is 34.3 Å². The van der Waals surface area contributed by atoms with E-state index in [0.29, 0.717) is 0 Å². The van der Waals surface area contributed by atoms with Crippen LogP contribution in [-0.2, 0) is 0 Å². The van der Waals surface area contributed by atoms with Gasteiger partial charge in [-0.15, -0.1) is 0 Å². The quantitative estimate of drug-likeness (QED) is 0.427. The number of nitrogens with one attached hydrogen (secondary N) is 2. The smallest absolute Gasteiger partial charge is 0.131 e. The number of benzene rings is 3. The van der Waals surface area contributed by atoms with E-state index >= 15 is 0 Å². The van der Waals surface area contributed by atoms with Crippen molar-refractivity contribution in [3.63, 3.8) is 0 Å². The summed E-state index contributed by atoms with van der Waals surface area (Å²) in [4.78, 5) is 9.30. The lowest BCUT2D eigenvalue weighted by atomic mass is 10.1. The molecule has 0 aliphatic heterocycles. The number of hydrogen-bond donors (Lipinski definition) is 2. The molecule has 3 aromatic carbocycles. The van der Waals surface area contributed by atoms with Crippen molar-refractivity contribution in [3.8, 4) is 11.1 Å². The van der Waals surface area contributed by atoms with Crippen LogP contribution in [0.3, 0.4) is 0 Å². The van der Waals surface area contributed by atoms with Crippen LogP contribution in [0.4, 0.5) is 0 Å². The van der Waals surface area contributed by atoms with Gasteiger partial charge in [-0.05, 0) is 66.9 Å². The molecule has 4 heteroatoms. The SMILES string of the molecule is CNSc1ccccc1-c1ccc2nc(/C=C/c3ccc(C)cc3)[nH]c2c1. The van der Waals surface area contributed by atoms with Crippen molar-refractivity contribution in [3.05, 3.63) is 83.7 Å². The molecule has 4 rings (SSSR count). The Balaban J connectivity index is 1.65. The average Bonchev–Trinajstić information content (AvgIpc) is 3.10. The average molecular weight is 372 g/mol. The number of aryl methyl sites for hydroxylation is 1. The second-order valence-electron chi connectivity index (χ2n) is 6.40. The van der Waals surface area contributed by atoms with E-state index in [0.717, 1.165) is 16.9 Å². The van der Waals surface area contributed by atoms with Crippen molar-refractivity contribution in [1.29, 1.82) is 0 Å². The number of hydrogen-bond acceptors (Lipinski definition) is 3. The molecule has 0 radical (unpaired) electrons. The molecule has 4 aromatic rings. The summed E-state index contributed by atoms with van der Waals surface area (Å²) in [7, 11) is 1.94. The van der Waals surface area contributed by atoms with Gasteiger partial charge in [0.15, 0.2) is 0 Å². The van der Waals surface area contributed by atoms with Gasteiger partial charge >= 0.3 is 0 Å². The standard InChI is InChI=1S/C23H21N3S/c1-16-7-9-17(10-8-16)11-14-23-25-20-13-12-18(15-21(20)26-23)19-5-3-4-6-22(19)27-24-2/h3-15,24H,1-2H3,(H,25,26)/b14-11+. The number of nitrogens with zero attached hydrogens (tertiary/aromatic N) is 1. The molecular weight excluding hydrogens is 350 g/mol. The number of fused-ring (bicyclic) bond motifs is 1. The monoisotopic (exact) mass is 371 g/mol. The molecule has 0 bridgehead atoms. The van der Waals surface area contributed by atoms with E-state index in [9.17, 15) is 0 Å². The van der Waals surface area contributed by atoms with Crippen molar-refractivity contribution in [2.75, 3.05) is 7.05 Å². The Morgan fingerprint density at radius 3 is 2.59 bits per heavy atom. The van der Waals surface area contributed by atoms with Crippen molar-refractivity contribution < 1.29 is 0 Å². The highest BCUT2D eigenvalue weighted by Gasteiger charge is 2.07. The van der Waals surface area contributed by atoms with Crippen LogP contribution < -0.4 is 4.72 Å². The van der Waals surface area contributed by atoms with E-state index in [-0.39, 0.29) is 0 Å². The van der Waals surface area contributed by atoms with Crippen LogP contribution >= 0.6 is 11.9 Å². The highest BCUT2D eigenvalue weighted by molar-refractivity contribution is 7.97. The maximum absolute atomic E-state index is 4.68. The van der Waals surface area contributed by atoms with Crippen LogP contribution in [-0.4, -0.2) is 17.0 Å². The normalized spacial score (nSPS) is 11.5. The zero-order chi connectivity index (χ0) is 18.6. The van der Waals surface area contributed by atoms with Gasteiger partial charge in [-0.3, -0.25) is 4.72 Å². The number of H-pyrrole nitrogens is 1. The van der Waals surface area contributed by atoms with Gasteiger partial charge in [-0.25, -0.2) is 4.98 Å². The van der Waals surface area contributed by atoms with E-state index in [1.54, 1.807) is 11.9 Å². The molecule has 3 nitrogen and oxygen atoms in total. The second kappa shape index (κ2) is 7.82. The largest absolute Gasteiger partial charge is 0.338 e. The third-order valence-electron chi connectivity index (χ3n) is 4.42. The zero-order valence-electron chi connectivity index (χ0n) is 15.4. The summed E-state index contributed by atoms with van der Waals surface area (Å²) in [6.07, 6.45) is 4.10. The number of rotatable bonds is 5. The summed E-state index contributed by atoms with van der Waals surface area (Å²) in [5, 5.41) is 0. The van der Waals surface area contributed by atoms with Gasteiger partial charge in [0.1, 0.15) is 5.82 Å². The van der Waals surface area contributed by atoms with Crippen molar-refractivity contribution in [2.24, 2.45) is 0 Å². The topological polar surface area (TPSA) is 40.7 Å². The summed E-state index contributed by atoms with van der Waals surface area (Å²) in [6.45, 7) is 2.09. The Kier molecular flexibility index (Phi) is 5.10. The fraction of sp³-hybridized carbons (Fsp3) is 0.0870. The van der Waals surface area contributed by atoms with Crippen molar-refractivity contribution >= 4 is 35.1 Å². The third kappa shape index (κ3) is 3.97. The molecule has 0 fully saturated rings. The predicted octanol–water partition coefficient (Wildman–Crippen LogP) is 5.94. The minimum absolute atomic E-state index is 0.862. The molecule has 27 heavy (non-hydrogen) atoms. The molecule has 0 saturated heterocycles. The lowest BCUT2D eigenvalue weighted by Crippen LogP contribution is -1.92. The first-order chi connectivity index (χ1) is 13.2. The van der Waals surface area contributed by atoms with E-state index < -0.39 is 0 Å². The molecule has 0 unspecified atom stereocenters. The van der Waals surface area contributed by atoms with Crippen LogP contribution in [0.15, 0.2) is 71.6 Å². The summed E-state index contributed by atoms with van der Waals surface area (Å²) in [5.41, 5.74) is 6.84. The summed E-state index contributed by atoms with van der Waals surface area (Å²) < 4.78 is 3.16. The van der Waals surface area contributed by atoms with Crippen molar-refractivity contribution in [2.45, 2.75) is 11.8 Å². The van der Waals surface area contributed by atoms with Gasteiger partial charge < -0.3 is 4.98 Å². The maximum atomic E-state index is 4.68. The minimum atomic E-state index is 0.862. The van der Waals surface area contributed by atoms with Crippen LogP contribution in [0.1, 0.15) is 17.0 Å². The Bertz CT molecular complexity index is 1090. The number of aromatic nitrogens is 2. The molecule has 1 aromatic heterocycles. The highest BCUT2D eigenvalue weighted by atomic mass is 32.2. The van der Waals surface area contributed by atoms with Crippen LogP contribution in [0.2, 0.25) is 0 Å². The molecule has 1 heterocycles. The number of aromatic amines is 1. The highest BCUT2D eigenvalue weighted by Crippen LogP contribution is 2.31. The molecule has 134 valence electrons. The molecular formula is C23H21N3S. The first kappa shape index (κ1) is 17.6. The van der Waals surface area contributed by atoms with Gasteiger partial charge in [-0.2, -0.15) is 0 Å². The van der Waals surface area contributed by atoms with Gasteiger partial charge in [0, 0.05) is 4.90 Å². The molecule has 0 aliphatic rings. The zero-order valence-corrected chi connectivity index (χ0v) is 16.2. The van der Waals surface area contributed by atoms with Gasteiger partial charge in [0.05, 0.1) is 11.0 Å². The summed E-state index contributed by atoms with van der Waals surface area (Å²) in [6, 6.07) is 23.2. The van der Waals surface area contributed by atoms with E-state index in [1.807, 2.05) is 13.1 Å². The second-order valence-corrected chi connectivity index (χ2v) is 7.45. The molecule has 0 spiro atoms. The minimum Gasteiger partial charge on any atom is -0.338 e. The maximum Gasteiger partial charge on any atom is 0.131 e. The fourth-order valence-corrected chi connectivity index (χ4v) is 3.70. The van der Waals surface area contributed by atoms with Gasteiger partial charge in [-0.1, -0.05) is 60.2 Å². The van der Waals surface area contributed by atoms with Crippen molar-refractivity contribution in [1.82, 2.24) is 14.7 Å². The Labute approximate surface area is 163 Å². The first-order valence-electron chi connectivity index (χ1n) is 8.90. The van der Waals surface area contributed by atoms with Crippen LogP contribution in [0, 0.1) is 6.92 Å². The Hall–Kier alpha value is -2.82. The number of imidazole rings is 1. The predicted molar refractivity (Wildman–Crippen MR) is 117 cm³/mol. The summed E-state index contributed by atoms with van der Waals surface area (Å²) >= 11 is 1.63. The first-order valence-corrected chi connectivity index (χ1v) is 9.72. The molecule has 0 saturated carbocycles. The van der Waals surface area contributed by atoms with Crippen LogP contribution in [0.5, 0.6) is 0 Å². The van der Waals surface area contributed by atoms with Gasteiger partial charge in [0.25, 0.3) is 0 Å². The Morgan fingerprint density at radius 1 is 0.963 bits per heavy atom. The summed E-state index contributed by atoms with van der Waals surface area (Å²) in [5.74, 6) is 0.862. The fourth-order valence-electron chi connectivity index (χ4n) is 3.03. The van der Waals surface area contributed by atoms with E-state index in [1.165, 1.54) is 27.1 Å². The molecule has 2 N–H and O–H groups in total. The molecule has 0 atom stereocenters. The third-order valence-corrected chi connectivity index (χ3v) is 5.20. The van der Waals surface area contributed by atoms with E-state index in [4.69, 9.17) is 0 Å². The van der Waals surface area contributed by atoms with E-state index in [2.05, 4.69) is 94.4 Å². The molecule has 0 amide bonds. The lowest BCUT2D eigenvalue weighted by molar-refractivity contribution is 1.28. The molecule has 0 aliphatic carbocycles.